The first kappa shape index (κ1) is 11.1. The van der Waals surface area contributed by atoms with Crippen LogP contribution in [0.4, 0.5) is 0 Å². The highest BCUT2D eigenvalue weighted by Crippen LogP contribution is 2.26. The van der Waals surface area contributed by atoms with Crippen LogP contribution in [-0.2, 0) is 17.9 Å². The maximum absolute atomic E-state index is 11.1. The van der Waals surface area contributed by atoms with Crippen LogP contribution in [0.2, 0.25) is 0 Å². The second kappa shape index (κ2) is 3.91. The van der Waals surface area contributed by atoms with Gasteiger partial charge in [-0.15, -0.1) is 0 Å². The molecule has 1 aromatic rings. The number of hydrogen-bond donors (Lipinski definition) is 1. The van der Waals surface area contributed by atoms with Gasteiger partial charge in [0.05, 0.1) is 5.41 Å². The molecule has 16 heavy (non-hydrogen) atoms. The van der Waals surface area contributed by atoms with Crippen molar-refractivity contribution >= 4 is 5.97 Å². The molecule has 1 aromatic carbocycles. The van der Waals surface area contributed by atoms with E-state index in [2.05, 4.69) is 17.0 Å². The van der Waals surface area contributed by atoms with Crippen LogP contribution < -0.4 is 0 Å². The first-order valence-corrected chi connectivity index (χ1v) is 5.51. The van der Waals surface area contributed by atoms with E-state index in [1.54, 1.807) is 13.8 Å². The summed E-state index contributed by atoms with van der Waals surface area (Å²) in [6, 6.07) is 8.29. The Balaban J connectivity index is 2.05. The van der Waals surface area contributed by atoms with Crippen molar-refractivity contribution in [3.8, 4) is 0 Å². The lowest BCUT2D eigenvalue weighted by Gasteiger charge is -2.25. The van der Waals surface area contributed by atoms with Crippen LogP contribution in [0.1, 0.15) is 25.0 Å². The van der Waals surface area contributed by atoms with Gasteiger partial charge < -0.3 is 5.11 Å². The Labute approximate surface area is 95.7 Å². The maximum Gasteiger partial charge on any atom is 0.310 e. The van der Waals surface area contributed by atoms with E-state index in [1.165, 1.54) is 11.1 Å². The molecule has 3 nitrogen and oxygen atoms in total. The third kappa shape index (κ3) is 2.09. The largest absolute Gasteiger partial charge is 0.481 e. The predicted octanol–water partition coefficient (Wildman–Crippen LogP) is 2.11. The smallest absolute Gasteiger partial charge is 0.310 e. The van der Waals surface area contributed by atoms with Crippen LogP contribution >= 0.6 is 0 Å². The molecule has 0 radical (unpaired) electrons. The standard InChI is InChI=1S/C13H17NO2/c1-13(2,12(15)16)9-14-7-10-5-3-4-6-11(10)8-14/h3-6H,7-9H2,1-2H3,(H,15,16). The Kier molecular flexibility index (Phi) is 2.72. The summed E-state index contributed by atoms with van der Waals surface area (Å²) in [6.07, 6.45) is 0. The molecule has 0 saturated heterocycles. The molecular formula is C13H17NO2. The minimum absolute atomic E-state index is 0.594. The highest BCUT2D eigenvalue weighted by molar-refractivity contribution is 5.73. The summed E-state index contributed by atoms with van der Waals surface area (Å²) in [4.78, 5) is 13.2. The van der Waals surface area contributed by atoms with Crippen molar-refractivity contribution in [3.63, 3.8) is 0 Å². The molecule has 0 aliphatic carbocycles. The van der Waals surface area contributed by atoms with Crippen molar-refractivity contribution in [1.29, 1.82) is 0 Å². The molecule has 0 unspecified atom stereocenters. The zero-order valence-electron chi connectivity index (χ0n) is 9.73. The molecular weight excluding hydrogens is 202 g/mol. The minimum Gasteiger partial charge on any atom is -0.481 e. The minimum atomic E-state index is -0.733. The van der Waals surface area contributed by atoms with Crippen LogP contribution in [0.5, 0.6) is 0 Å². The number of fused-ring (bicyclic) bond motifs is 1. The average molecular weight is 219 g/mol. The second-order valence-corrected chi connectivity index (χ2v) is 5.10. The lowest BCUT2D eigenvalue weighted by atomic mass is 9.93. The van der Waals surface area contributed by atoms with Crippen molar-refractivity contribution in [2.24, 2.45) is 5.41 Å². The summed E-state index contributed by atoms with van der Waals surface area (Å²) < 4.78 is 0. The van der Waals surface area contributed by atoms with Crippen molar-refractivity contribution < 1.29 is 9.90 Å². The summed E-state index contributed by atoms with van der Waals surface area (Å²) in [5.74, 6) is -0.733. The molecule has 1 aliphatic rings. The van der Waals surface area contributed by atoms with Crippen molar-refractivity contribution in [2.45, 2.75) is 26.9 Å². The Hall–Kier alpha value is -1.35. The monoisotopic (exact) mass is 219 g/mol. The molecule has 0 aromatic heterocycles. The number of carbonyl (C=O) groups is 1. The lowest BCUT2D eigenvalue weighted by molar-refractivity contribution is -0.148. The van der Waals surface area contributed by atoms with Crippen LogP contribution in [-0.4, -0.2) is 22.5 Å². The Morgan fingerprint density at radius 3 is 2.25 bits per heavy atom. The van der Waals surface area contributed by atoms with Crippen molar-refractivity contribution in [2.75, 3.05) is 6.54 Å². The van der Waals surface area contributed by atoms with Gasteiger partial charge in [-0.05, 0) is 25.0 Å². The van der Waals surface area contributed by atoms with E-state index in [0.29, 0.717) is 6.54 Å². The van der Waals surface area contributed by atoms with Gasteiger partial charge in [-0.3, -0.25) is 9.69 Å². The molecule has 0 bridgehead atoms. The zero-order valence-corrected chi connectivity index (χ0v) is 9.73. The first-order chi connectivity index (χ1) is 7.49. The fraction of sp³-hybridized carbons (Fsp3) is 0.462. The van der Waals surface area contributed by atoms with Gasteiger partial charge >= 0.3 is 5.97 Å². The quantitative estimate of drug-likeness (QED) is 0.846. The highest BCUT2D eigenvalue weighted by Gasteiger charge is 2.31. The fourth-order valence-corrected chi connectivity index (χ4v) is 2.14. The van der Waals surface area contributed by atoms with Gasteiger partial charge in [0.15, 0.2) is 0 Å². The van der Waals surface area contributed by atoms with Gasteiger partial charge in [0.1, 0.15) is 0 Å². The molecule has 1 N–H and O–H groups in total. The molecule has 0 atom stereocenters. The molecule has 0 fully saturated rings. The average Bonchev–Trinajstić information content (AvgIpc) is 2.58. The third-order valence-electron chi connectivity index (χ3n) is 3.10. The van der Waals surface area contributed by atoms with Gasteiger partial charge in [0.2, 0.25) is 0 Å². The number of nitrogens with zero attached hydrogens (tertiary/aromatic N) is 1. The van der Waals surface area contributed by atoms with E-state index in [-0.39, 0.29) is 0 Å². The Morgan fingerprint density at radius 1 is 1.31 bits per heavy atom. The van der Waals surface area contributed by atoms with Gasteiger partial charge in [0.25, 0.3) is 0 Å². The summed E-state index contributed by atoms with van der Waals surface area (Å²) in [7, 11) is 0. The Morgan fingerprint density at radius 2 is 1.81 bits per heavy atom. The van der Waals surface area contributed by atoms with E-state index in [0.717, 1.165) is 13.1 Å². The summed E-state index contributed by atoms with van der Waals surface area (Å²) in [5, 5.41) is 9.09. The molecule has 1 heterocycles. The number of carboxylic acid groups (broad SMARTS) is 1. The molecule has 0 amide bonds. The van der Waals surface area contributed by atoms with Gasteiger partial charge in [0, 0.05) is 19.6 Å². The summed E-state index contributed by atoms with van der Waals surface area (Å²) in [6.45, 7) is 5.88. The zero-order chi connectivity index (χ0) is 11.8. The van der Waals surface area contributed by atoms with Crippen molar-refractivity contribution in [3.05, 3.63) is 35.4 Å². The fourth-order valence-electron chi connectivity index (χ4n) is 2.14. The molecule has 1 aliphatic heterocycles. The topological polar surface area (TPSA) is 40.5 Å². The second-order valence-electron chi connectivity index (χ2n) is 5.10. The normalized spacial score (nSPS) is 16.1. The molecule has 86 valence electrons. The molecule has 3 heteroatoms. The number of hydrogen-bond acceptors (Lipinski definition) is 2. The summed E-state index contributed by atoms with van der Waals surface area (Å²) >= 11 is 0. The molecule has 0 spiro atoms. The van der Waals surface area contributed by atoms with E-state index in [9.17, 15) is 4.79 Å². The lowest BCUT2D eigenvalue weighted by Crippen LogP contribution is -2.36. The molecule has 0 saturated carbocycles. The van der Waals surface area contributed by atoms with Crippen LogP contribution in [0.25, 0.3) is 0 Å². The maximum atomic E-state index is 11.1. The van der Waals surface area contributed by atoms with E-state index in [4.69, 9.17) is 5.11 Å². The van der Waals surface area contributed by atoms with Crippen molar-refractivity contribution in [1.82, 2.24) is 4.90 Å². The van der Waals surface area contributed by atoms with Crippen LogP contribution in [0, 0.1) is 5.41 Å². The Bertz CT molecular complexity index is 387. The van der Waals surface area contributed by atoms with Gasteiger partial charge in [-0.25, -0.2) is 0 Å². The van der Waals surface area contributed by atoms with Crippen LogP contribution in [0.3, 0.4) is 0 Å². The van der Waals surface area contributed by atoms with Gasteiger partial charge in [-0.1, -0.05) is 24.3 Å². The predicted molar refractivity (Wildman–Crippen MR) is 62.0 cm³/mol. The van der Waals surface area contributed by atoms with E-state index >= 15 is 0 Å². The third-order valence-corrected chi connectivity index (χ3v) is 3.10. The SMILES string of the molecule is CC(C)(CN1Cc2ccccc2C1)C(=O)O. The van der Waals surface area contributed by atoms with E-state index in [1.807, 2.05) is 12.1 Å². The number of rotatable bonds is 3. The highest BCUT2D eigenvalue weighted by atomic mass is 16.4. The number of benzene rings is 1. The molecule has 2 rings (SSSR count). The number of carboxylic acids is 1. The van der Waals surface area contributed by atoms with E-state index < -0.39 is 11.4 Å². The van der Waals surface area contributed by atoms with Gasteiger partial charge in [-0.2, -0.15) is 0 Å². The first-order valence-electron chi connectivity index (χ1n) is 5.51. The summed E-state index contributed by atoms with van der Waals surface area (Å²) in [5.41, 5.74) is 1.97. The number of aliphatic carboxylic acids is 1. The van der Waals surface area contributed by atoms with Crippen LogP contribution in [0.15, 0.2) is 24.3 Å².